The molecule has 0 fully saturated rings. The predicted octanol–water partition coefficient (Wildman–Crippen LogP) is 3.34. The fourth-order valence-corrected chi connectivity index (χ4v) is 2.69. The van der Waals surface area contributed by atoms with E-state index in [1.54, 1.807) is 6.07 Å². The van der Waals surface area contributed by atoms with Gasteiger partial charge in [0.2, 0.25) is 0 Å². The Morgan fingerprint density at radius 3 is 2.56 bits per heavy atom. The van der Waals surface area contributed by atoms with Crippen LogP contribution in [0.2, 0.25) is 0 Å². The van der Waals surface area contributed by atoms with Crippen LogP contribution in [0.1, 0.15) is 22.3 Å². The van der Waals surface area contributed by atoms with Crippen molar-refractivity contribution in [3.8, 4) is 5.75 Å². The van der Waals surface area contributed by atoms with Crippen LogP contribution >= 0.6 is 0 Å². The molecule has 0 saturated heterocycles. The molecular weight excluding hydrogens is 368 g/mol. The molecule has 27 heavy (non-hydrogen) atoms. The number of halogens is 4. The van der Waals surface area contributed by atoms with Crippen LogP contribution in [-0.4, -0.2) is 40.7 Å². The Hall–Kier alpha value is -2.94. The molecule has 1 aliphatic rings. The zero-order valence-electron chi connectivity index (χ0n) is 14.0. The van der Waals surface area contributed by atoms with Gasteiger partial charge in [0.15, 0.2) is 0 Å². The number of amides is 1. The largest absolute Gasteiger partial charge is 0.497 e. The van der Waals surface area contributed by atoms with Crippen LogP contribution in [0, 0.1) is 5.82 Å². The first kappa shape index (κ1) is 18.8. The van der Waals surface area contributed by atoms with E-state index in [4.69, 9.17) is 4.74 Å². The fourth-order valence-electron chi connectivity index (χ4n) is 2.69. The molecule has 0 aromatic heterocycles. The van der Waals surface area contributed by atoms with E-state index in [0.717, 1.165) is 12.1 Å². The summed E-state index contributed by atoms with van der Waals surface area (Å²) in [7, 11) is 1.38. The number of rotatable bonds is 3. The number of hydrogen-bond acceptors (Lipinski definition) is 4. The SMILES string of the molecule is COc1cccc(C2=NN(C(=O)c3ccccc3F)[C@](O)(C(F)(F)F)C2)c1. The quantitative estimate of drug-likeness (QED) is 0.829. The highest BCUT2D eigenvalue weighted by molar-refractivity contribution is 6.05. The summed E-state index contributed by atoms with van der Waals surface area (Å²) >= 11 is 0. The minimum Gasteiger partial charge on any atom is -0.497 e. The van der Waals surface area contributed by atoms with Crippen molar-refractivity contribution in [2.75, 3.05) is 7.11 Å². The predicted molar refractivity (Wildman–Crippen MR) is 87.7 cm³/mol. The summed E-state index contributed by atoms with van der Waals surface area (Å²) in [5.41, 5.74) is -4.17. The summed E-state index contributed by atoms with van der Waals surface area (Å²) in [5.74, 6) is -2.05. The number of hydrazone groups is 1. The Balaban J connectivity index is 2.08. The molecule has 2 aromatic rings. The van der Waals surface area contributed by atoms with Crippen molar-refractivity contribution in [3.63, 3.8) is 0 Å². The third-order valence-corrected chi connectivity index (χ3v) is 4.14. The van der Waals surface area contributed by atoms with Gasteiger partial charge in [0.1, 0.15) is 11.6 Å². The molecule has 0 bridgehead atoms. The number of carbonyl (C=O) groups is 1. The second-order valence-electron chi connectivity index (χ2n) is 5.87. The smallest absolute Gasteiger partial charge is 0.438 e. The highest BCUT2D eigenvalue weighted by atomic mass is 19.4. The van der Waals surface area contributed by atoms with E-state index in [-0.39, 0.29) is 16.3 Å². The van der Waals surface area contributed by atoms with Gasteiger partial charge in [-0.3, -0.25) is 4.79 Å². The molecule has 0 saturated carbocycles. The molecular formula is C18H14F4N2O3. The molecule has 0 spiro atoms. The molecule has 1 aliphatic heterocycles. The Kier molecular flexibility index (Phi) is 4.64. The van der Waals surface area contributed by atoms with E-state index in [0.29, 0.717) is 5.75 Å². The Bertz CT molecular complexity index is 913. The molecule has 0 unspecified atom stereocenters. The molecule has 3 rings (SSSR count). The van der Waals surface area contributed by atoms with E-state index in [2.05, 4.69) is 5.10 Å². The van der Waals surface area contributed by atoms with Crippen LogP contribution in [0.5, 0.6) is 5.75 Å². The third-order valence-electron chi connectivity index (χ3n) is 4.14. The maximum Gasteiger partial charge on any atom is 0.438 e. The maximum atomic E-state index is 13.9. The lowest BCUT2D eigenvalue weighted by Gasteiger charge is -2.32. The van der Waals surface area contributed by atoms with Crippen molar-refractivity contribution in [2.45, 2.75) is 18.3 Å². The van der Waals surface area contributed by atoms with Gasteiger partial charge in [-0.05, 0) is 24.3 Å². The van der Waals surface area contributed by atoms with Crippen molar-refractivity contribution in [3.05, 3.63) is 65.5 Å². The van der Waals surface area contributed by atoms with Gasteiger partial charge < -0.3 is 9.84 Å². The standard InChI is InChI=1S/C18H14F4N2O3/c1-27-12-6-4-5-11(9-12)15-10-17(26,18(20,21)22)24(23-15)16(25)13-7-2-3-8-14(13)19/h2-9,26H,10H2,1H3/t17-/m1/s1. The first-order valence-corrected chi connectivity index (χ1v) is 7.77. The lowest BCUT2D eigenvalue weighted by Crippen LogP contribution is -2.56. The Morgan fingerprint density at radius 1 is 1.22 bits per heavy atom. The van der Waals surface area contributed by atoms with Gasteiger partial charge in [-0.25, -0.2) is 4.39 Å². The third kappa shape index (κ3) is 3.25. The van der Waals surface area contributed by atoms with Crippen molar-refractivity contribution >= 4 is 11.6 Å². The van der Waals surface area contributed by atoms with Crippen LogP contribution in [0.25, 0.3) is 0 Å². The van der Waals surface area contributed by atoms with Crippen LogP contribution in [0.3, 0.4) is 0 Å². The van der Waals surface area contributed by atoms with Crippen LogP contribution in [0.4, 0.5) is 17.6 Å². The summed E-state index contributed by atoms with van der Waals surface area (Å²) in [4.78, 5) is 12.5. The zero-order valence-corrected chi connectivity index (χ0v) is 14.0. The van der Waals surface area contributed by atoms with Crippen molar-refractivity contribution in [1.29, 1.82) is 0 Å². The first-order chi connectivity index (χ1) is 12.7. The highest BCUT2D eigenvalue weighted by Crippen LogP contribution is 2.42. The number of aliphatic hydroxyl groups is 1. The Morgan fingerprint density at radius 2 is 1.93 bits per heavy atom. The Labute approximate surface area is 151 Å². The second-order valence-corrected chi connectivity index (χ2v) is 5.87. The van der Waals surface area contributed by atoms with Gasteiger partial charge in [-0.1, -0.05) is 24.3 Å². The summed E-state index contributed by atoms with van der Waals surface area (Å²) in [6.45, 7) is 0. The number of nitrogens with zero attached hydrogens (tertiary/aromatic N) is 2. The maximum absolute atomic E-state index is 13.9. The summed E-state index contributed by atoms with van der Waals surface area (Å²) in [6.07, 6.45) is -6.21. The van der Waals surface area contributed by atoms with Gasteiger partial charge in [0, 0.05) is 5.56 Å². The van der Waals surface area contributed by atoms with Crippen molar-refractivity contribution in [1.82, 2.24) is 5.01 Å². The first-order valence-electron chi connectivity index (χ1n) is 7.77. The van der Waals surface area contributed by atoms with Gasteiger partial charge >= 0.3 is 6.18 Å². The van der Waals surface area contributed by atoms with Gasteiger partial charge in [-0.15, -0.1) is 0 Å². The molecule has 142 valence electrons. The van der Waals surface area contributed by atoms with Crippen LogP contribution in [0.15, 0.2) is 53.6 Å². The summed E-state index contributed by atoms with van der Waals surface area (Å²) < 4.78 is 59.6. The lowest BCUT2D eigenvalue weighted by molar-refractivity contribution is -0.297. The molecule has 5 nitrogen and oxygen atoms in total. The molecule has 9 heteroatoms. The van der Waals surface area contributed by atoms with E-state index in [1.165, 1.54) is 37.4 Å². The second kappa shape index (κ2) is 6.66. The number of carbonyl (C=O) groups excluding carboxylic acids is 1. The molecule has 1 atom stereocenters. The van der Waals surface area contributed by atoms with Crippen molar-refractivity contribution < 1.29 is 32.2 Å². The molecule has 1 N–H and O–H groups in total. The fraction of sp³-hybridized carbons (Fsp3) is 0.222. The number of methoxy groups -OCH3 is 1. The number of hydrogen-bond donors (Lipinski definition) is 1. The molecule has 1 heterocycles. The molecule has 0 radical (unpaired) electrons. The number of ether oxygens (including phenoxy) is 1. The van der Waals surface area contributed by atoms with Gasteiger partial charge in [0.25, 0.3) is 11.6 Å². The topological polar surface area (TPSA) is 62.1 Å². The highest BCUT2D eigenvalue weighted by Gasteiger charge is 2.63. The average Bonchev–Trinajstić information content (AvgIpc) is 3.00. The summed E-state index contributed by atoms with van der Waals surface area (Å²) in [6, 6.07) is 10.5. The molecule has 0 aliphatic carbocycles. The van der Waals surface area contributed by atoms with E-state index < -0.39 is 35.6 Å². The van der Waals surface area contributed by atoms with Gasteiger partial charge in [0.05, 0.1) is 24.8 Å². The minimum absolute atomic E-state index is 0.111. The minimum atomic E-state index is -5.21. The van der Waals surface area contributed by atoms with E-state index in [1.807, 2.05) is 0 Å². The van der Waals surface area contributed by atoms with Gasteiger partial charge in [-0.2, -0.15) is 23.3 Å². The number of alkyl halides is 3. The number of benzene rings is 2. The van der Waals surface area contributed by atoms with E-state index in [9.17, 15) is 27.5 Å². The molecule has 2 aromatic carbocycles. The van der Waals surface area contributed by atoms with E-state index >= 15 is 0 Å². The van der Waals surface area contributed by atoms with Crippen LogP contribution in [-0.2, 0) is 0 Å². The monoisotopic (exact) mass is 382 g/mol. The summed E-state index contributed by atoms with van der Waals surface area (Å²) in [5, 5.41) is 13.8. The molecule has 1 amide bonds. The average molecular weight is 382 g/mol. The normalized spacial score (nSPS) is 19.8. The van der Waals surface area contributed by atoms with Crippen molar-refractivity contribution in [2.24, 2.45) is 5.10 Å². The lowest BCUT2D eigenvalue weighted by atomic mass is 10.0. The zero-order chi connectivity index (χ0) is 19.8. The van der Waals surface area contributed by atoms with Crippen LogP contribution < -0.4 is 4.74 Å².